The summed E-state index contributed by atoms with van der Waals surface area (Å²) in [6.45, 7) is 3.93. The van der Waals surface area contributed by atoms with E-state index in [1.54, 1.807) is 24.3 Å². The van der Waals surface area contributed by atoms with Crippen molar-refractivity contribution in [2.45, 2.75) is 13.3 Å². The second kappa shape index (κ2) is 8.97. The van der Waals surface area contributed by atoms with Crippen LogP contribution in [0.25, 0.3) is 0 Å². The molecule has 1 aromatic rings. The highest BCUT2D eigenvalue weighted by Gasteiger charge is 2.13. The lowest BCUT2D eigenvalue weighted by atomic mass is 10.3. The Labute approximate surface area is 125 Å². The summed E-state index contributed by atoms with van der Waals surface area (Å²) in [6.07, 6.45) is 0.838. The maximum atomic E-state index is 11.7. The van der Waals surface area contributed by atoms with Gasteiger partial charge < -0.3 is 20.3 Å². The fraction of sp³-hybridized carbons (Fsp3) is 0.467. The van der Waals surface area contributed by atoms with Gasteiger partial charge in [-0.1, -0.05) is 0 Å². The van der Waals surface area contributed by atoms with Crippen molar-refractivity contribution in [1.29, 1.82) is 0 Å². The maximum Gasteiger partial charge on any atom is 0.313 e. The van der Waals surface area contributed by atoms with E-state index in [1.807, 2.05) is 21.0 Å². The first-order chi connectivity index (χ1) is 10.0. The second-order valence-corrected chi connectivity index (χ2v) is 4.98. The number of nitrogens with one attached hydrogen (secondary N) is 3. The zero-order valence-electron chi connectivity index (χ0n) is 12.9. The molecule has 0 aliphatic heterocycles. The van der Waals surface area contributed by atoms with E-state index >= 15 is 0 Å². The van der Waals surface area contributed by atoms with Gasteiger partial charge in [-0.2, -0.15) is 0 Å². The first kappa shape index (κ1) is 17.0. The largest absolute Gasteiger partial charge is 0.494 e. The molecular formula is C15H24N3O3+. The Hall–Kier alpha value is -2.08. The molecule has 6 nitrogen and oxygen atoms in total. The van der Waals surface area contributed by atoms with Crippen LogP contribution in [0.5, 0.6) is 5.75 Å². The Morgan fingerprint density at radius 3 is 2.38 bits per heavy atom. The van der Waals surface area contributed by atoms with Crippen LogP contribution in [0.4, 0.5) is 5.69 Å². The molecule has 0 aromatic heterocycles. The van der Waals surface area contributed by atoms with E-state index in [4.69, 9.17) is 4.74 Å². The molecule has 0 saturated carbocycles. The topological polar surface area (TPSA) is 71.9 Å². The molecule has 0 fully saturated rings. The minimum Gasteiger partial charge on any atom is -0.494 e. The summed E-state index contributed by atoms with van der Waals surface area (Å²) < 4.78 is 5.30. The van der Waals surface area contributed by atoms with Gasteiger partial charge in [-0.3, -0.25) is 9.59 Å². The van der Waals surface area contributed by atoms with Crippen LogP contribution in [0.3, 0.4) is 0 Å². The van der Waals surface area contributed by atoms with Crippen LogP contribution >= 0.6 is 0 Å². The summed E-state index contributed by atoms with van der Waals surface area (Å²) >= 11 is 0. The van der Waals surface area contributed by atoms with Crippen molar-refractivity contribution in [3.63, 3.8) is 0 Å². The minimum absolute atomic E-state index is 0.501. The summed E-state index contributed by atoms with van der Waals surface area (Å²) in [4.78, 5) is 24.6. The fourth-order valence-electron chi connectivity index (χ4n) is 1.71. The van der Waals surface area contributed by atoms with Gasteiger partial charge in [0.05, 0.1) is 27.2 Å². The first-order valence-corrected chi connectivity index (χ1v) is 7.14. The summed E-state index contributed by atoms with van der Waals surface area (Å²) in [5, 5.41) is 5.15. The van der Waals surface area contributed by atoms with Crippen molar-refractivity contribution >= 4 is 17.5 Å². The molecule has 0 atom stereocenters. The van der Waals surface area contributed by atoms with Crippen LogP contribution < -0.4 is 20.3 Å². The molecule has 0 radical (unpaired) electrons. The van der Waals surface area contributed by atoms with Crippen molar-refractivity contribution in [3.05, 3.63) is 24.3 Å². The van der Waals surface area contributed by atoms with Gasteiger partial charge >= 0.3 is 11.8 Å². The number of ether oxygens (including phenoxy) is 1. The number of anilines is 1. The standard InChI is InChI=1S/C15H23N3O3/c1-4-21-13-8-6-12(7-9-13)17-15(20)14(19)16-10-5-11-18(2)3/h6-9H,4-5,10-11H2,1-3H3,(H,16,19)(H,17,20)/p+1. The first-order valence-electron chi connectivity index (χ1n) is 7.14. The SMILES string of the molecule is CCOc1ccc(NC(=O)C(=O)NCCC[NH+](C)C)cc1. The second-order valence-electron chi connectivity index (χ2n) is 4.98. The molecule has 0 aliphatic rings. The van der Waals surface area contributed by atoms with Crippen LogP contribution in [0.15, 0.2) is 24.3 Å². The molecule has 0 unspecified atom stereocenters. The highest BCUT2D eigenvalue weighted by Crippen LogP contribution is 2.15. The Kier molecular flexibility index (Phi) is 7.25. The highest BCUT2D eigenvalue weighted by atomic mass is 16.5. The van der Waals surface area contributed by atoms with Gasteiger partial charge in [0, 0.05) is 18.7 Å². The Bertz CT molecular complexity index is 458. The van der Waals surface area contributed by atoms with Gasteiger partial charge in [0.2, 0.25) is 0 Å². The molecule has 6 heteroatoms. The van der Waals surface area contributed by atoms with Crippen molar-refractivity contribution < 1.29 is 19.2 Å². The smallest absolute Gasteiger partial charge is 0.313 e. The zero-order chi connectivity index (χ0) is 15.7. The predicted octanol–water partition coefficient (Wildman–Crippen LogP) is -0.325. The lowest BCUT2D eigenvalue weighted by Gasteiger charge is -2.09. The van der Waals surface area contributed by atoms with Gasteiger partial charge in [0.15, 0.2) is 0 Å². The molecule has 1 rings (SSSR count). The minimum atomic E-state index is -0.656. The number of benzene rings is 1. The number of amides is 2. The van der Waals surface area contributed by atoms with E-state index in [-0.39, 0.29) is 0 Å². The molecular weight excluding hydrogens is 270 g/mol. The van der Waals surface area contributed by atoms with Gasteiger partial charge in [0.1, 0.15) is 5.75 Å². The average Bonchev–Trinajstić information content (AvgIpc) is 2.45. The summed E-state index contributed by atoms with van der Waals surface area (Å²) in [6, 6.07) is 6.89. The third-order valence-corrected chi connectivity index (χ3v) is 2.77. The third-order valence-electron chi connectivity index (χ3n) is 2.77. The molecule has 0 aliphatic carbocycles. The lowest BCUT2D eigenvalue weighted by Crippen LogP contribution is -3.05. The summed E-state index contributed by atoms with van der Waals surface area (Å²) in [5.41, 5.74) is 0.566. The number of carbonyl (C=O) groups excluding carboxylic acids is 2. The van der Waals surface area contributed by atoms with Gasteiger partial charge in [-0.25, -0.2) is 0 Å². The van der Waals surface area contributed by atoms with Gasteiger partial charge in [0.25, 0.3) is 0 Å². The predicted molar refractivity (Wildman–Crippen MR) is 81.5 cm³/mol. The van der Waals surface area contributed by atoms with Crippen LogP contribution in [-0.2, 0) is 9.59 Å². The van der Waals surface area contributed by atoms with Crippen molar-refractivity contribution in [1.82, 2.24) is 5.32 Å². The molecule has 0 heterocycles. The summed E-state index contributed by atoms with van der Waals surface area (Å²) in [7, 11) is 4.08. The van der Waals surface area contributed by atoms with Crippen LogP contribution in [-0.4, -0.2) is 45.6 Å². The molecule has 21 heavy (non-hydrogen) atoms. The van der Waals surface area contributed by atoms with Crippen molar-refractivity contribution in [2.75, 3.05) is 39.1 Å². The fourth-order valence-corrected chi connectivity index (χ4v) is 1.71. The van der Waals surface area contributed by atoms with E-state index in [9.17, 15) is 9.59 Å². The molecule has 0 bridgehead atoms. The van der Waals surface area contributed by atoms with Crippen molar-refractivity contribution in [2.24, 2.45) is 0 Å². The number of hydrogen-bond acceptors (Lipinski definition) is 3. The monoisotopic (exact) mass is 294 g/mol. The molecule has 0 saturated heterocycles. The highest BCUT2D eigenvalue weighted by molar-refractivity contribution is 6.39. The normalized spacial score (nSPS) is 10.3. The van der Waals surface area contributed by atoms with Crippen LogP contribution in [0, 0.1) is 0 Å². The van der Waals surface area contributed by atoms with E-state index in [0.29, 0.717) is 18.8 Å². The van der Waals surface area contributed by atoms with E-state index in [0.717, 1.165) is 18.7 Å². The van der Waals surface area contributed by atoms with Gasteiger partial charge in [-0.15, -0.1) is 0 Å². The van der Waals surface area contributed by atoms with Crippen LogP contribution in [0.2, 0.25) is 0 Å². The van der Waals surface area contributed by atoms with E-state index in [1.165, 1.54) is 4.90 Å². The summed E-state index contributed by atoms with van der Waals surface area (Å²) in [5.74, 6) is -0.542. The Balaban J connectivity index is 2.36. The number of hydrogen-bond donors (Lipinski definition) is 3. The number of carbonyl (C=O) groups is 2. The zero-order valence-corrected chi connectivity index (χ0v) is 12.9. The molecule has 116 valence electrons. The van der Waals surface area contributed by atoms with E-state index < -0.39 is 11.8 Å². The van der Waals surface area contributed by atoms with Crippen molar-refractivity contribution in [3.8, 4) is 5.75 Å². The number of rotatable bonds is 7. The molecule has 3 N–H and O–H groups in total. The Morgan fingerprint density at radius 1 is 1.14 bits per heavy atom. The van der Waals surface area contributed by atoms with Crippen LogP contribution in [0.1, 0.15) is 13.3 Å². The number of quaternary nitrogens is 1. The van der Waals surface area contributed by atoms with E-state index in [2.05, 4.69) is 10.6 Å². The maximum absolute atomic E-state index is 11.7. The molecule has 0 spiro atoms. The molecule has 2 amide bonds. The Morgan fingerprint density at radius 2 is 1.81 bits per heavy atom. The average molecular weight is 294 g/mol. The van der Waals surface area contributed by atoms with Gasteiger partial charge in [-0.05, 0) is 31.2 Å². The third kappa shape index (κ3) is 6.76. The molecule has 1 aromatic carbocycles. The quantitative estimate of drug-likeness (QED) is 0.476. The lowest BCUT2D eigenvalue weighted by molar-refractivity contribution is -0.858.